The van der Waals surface area contributed by atoms with Crippen molar-refractivity contribution in [3.63, 3.8) is 0 Å². The summed E-state index contributed by atoms with van der Waals surface area (Å²) in [6.45, 7) is 1.73. The Morgan fingerprint density at radius 3 is 2.28 bits per heavy atom. The van der Waals surface area contributed by atoms with Gasteiger partial charge in [-0.25, -0.2) is 13.2 Å². The second kappa shape index (κ2) is 4.82. The van der Waals surface area contributed by atoms with Crippen molar-refractivity contribution in [3.05, 3.63) is 70.5 Å². The minimum atomic E-state index is -1.45. The van der Waals surface area contributed by atoms with Crippen LogP contribution < -0.4 is 0 Å². The molecule has 0 spiro atoms. The SMILES string of the molecule is Cc1ccc(F)c(C(O)c2ccc(F)cc2F)c1. The van der Waals surface area contributed by atoms with Gasteiger partial charge in [-0.1, -0.05) is 23.8 Å². The fourth-order valence-electron chi connectivity index (χ4n) is 1.76. The van der Waals surface area contributed by atoms with Crippen molar-refractivity contribution >= 4 is 0 Å². The molecule has 2 rings (SSSR count). The maximum atomic E-state index is 13.6. The van der Waals surface area contributed by atoms with E-state index in [9.17, 15) is 18.3 Å². The molecule has 0 aliphatic rings. The van der Waals surface area contributed by atoms with E-state index < -0.39 is 23.6 Å². The van der Waals surface area contributed by atoms with Gasteiger partial charge in [0.15, 0.2) is 0 Å². The van der Waals surface area contributed by atoms with Crippen LogP contribution in [0.1, 0.15) is 22.8 Å². The van der Waals surface area contributed by atoms with Gasteiger partial charge in [0, 0.05) is 17.2 Å². The number of rotatable bonds is 2. The molecule has 2 aromatic rings. The first-order valence-corrected chi connectivity index (χ1v) is 5.38. The predicted molar refractivity (Wildman–Crippen MR) is 61.6 cm³/mol. The molecule has 0 radical (unpaired) electrons. The zero-order chi connectivity index (χ0) is 13.3. The fourth-order valence-corrected chi connectivity index (χ4v) is 1.76. The molecule has 0 bridgehead atoms. The summed E-state index contributed by atoms with van der Waals surface area (Å²) in [6, 6.07) is 6.98. The van der Waals surface area contributed by atoms with Gasteiger partial charge in [-0.2, -0.15) is 0 Å². The van der Waals surface area contributed by atoms with E-state index in [0.29, 0.717) is 6.07 Å². The minimum absolute atomic E-state index is 0.0273. The van der Waals surface area contributed by atoms with E-state index in [-0.39, 0.29) is 11.1 Å². The van der Waals surface area contributed by atoms with Crippen LogP contribution in [0.4, 0.5) is 13.2 Å². The summed E-state index contributed by atoms with van der Waals surface area (Å²) in [4.78, 5) is 0. The lowest BCUT2D eigenvalue weighted by atomic mass is 9.99. The highest BCUT2D eigenvalue weighted by atomic mass is 19.1. The topological polar surface area (TPSA) is 20.2 Å². The molecule has 94 valence electrons. The van der Waals surface area contributed by atoms with Crippen LogP contribution in [0.5, 0.6) is 0 Å². The Morgan fingerprint density at radius 2 is 1.61 bits per heavy atom. The molecule has 0 amide bonds. The van der Waals surface area contributed by atoms with Crippen LogP contribution >= 0.6 is 0 Å². The third-order valence-electron chi connectivity index (χ3n) is 2.70. The summed E-state index contributed by atoms with van der Waals surface area (Å²) >= 11 is 0. The number of aliphatic hydroxyl groups excluding tert-OH is 1. The van der Waals surface area contributed by atoms with E-state index in [2.05, 4.69) is 0 Å². The predicted octanol–water partition coefficient (Wildman–Crippen LogP) is 3.49. The lowest BCUT2D eigenvalue weighted by molar-refractivity contribution is 0.209. The average Bonchev–Trinajstić information content (AvgIpc) is 2.31. The van der Waals surface area contributed by atoms with E-state index in [1.807, 2.05) is 0 Å². The molecule has 1 N–H and O–H groups in total. The summed E-state index contributed by atoms with van der Waals surface area (Å²) in [5, 5.41) is 9.97. The Bertz CT molecular complexity index is 581. The van der Waals surface area contributed by atoms with Crippen LogP contribution in [0.15, 0.2) is 36.4 Å². The standard InChI is InChI=1S/C14H11F3O/c1-8-2-5-12(16)11(6-8)14(18)10-4-3-9(15)7-13(10)17/h2-7,14,18H,1H3. The lowest BCUT2D eigenvalue weighted by Crippen LogP contribution is -2.05. The second-order valence-electron chi connectivity index (χ2n) is 4.09. The highest BCUT2D eigenvalue weighted by Gasteiger charge is 2.19. The quantitative estimate of drug-likeness (QED) is 0.867. The largest absolute Gasteiger partial charge is 0.383 e. The van der Waals surface area contributed by atoms with Crippen LogP contribution in [0.2, 0.25) is 0 Å². The summed E-state index contributed by atoms with van der Waals surface area (Å²) in [5.41, 5.74) is 0.564. The zero-order valence-electron chi connectivity index (χ0n) is 9.62. The fraction of sp³-hybridized carbons (Fsp3) is 0.143. The molecule has 2 aromatic carbocycles. The Hall–Kier alpha value is -1.81. The number of aryl methyl sites for hydroxylation is 1. The van der Waals surface area contributed by atoms with Gasteiger partial charge in [0.1, 0.15) is 23.6 Å². The Morgan fingerprint density at radius 1 is 0.889 bits per heavy atom. The summed E-state index contributed by atoms with van der Waals surface area (Å²) in [6.07, 6.45) is -1.45. The maximum Gasteiger partial charge on any atom is 0.132 e. The monoisotopic (exact) mass is 252 g/mol. The first-order chi connectivity index (χ1) is 8.49. The van der Waals surface area contributed by atoms with Crippen molar-refractivity contribution in [1.82, 2.24) is 0 Å². The van der Waals surface area contributed by atoms with Crippen LogP contribution in [0.25, 0.3) is 0 Å². The Labute approximate surface area is 103 Å². The molecular formula is C14H11F3O. The van der Waals surface area contributed by atoms with Crippen LogP contribution in [-0.4, -0.2) is 5.11 Å². The first kappa shape index (κ1) is 12.6. The highest BCUT2D eigenvalue weighted by molar-refractivity contribution is 5.34. The number of hydrogen-bond donors (Lipinski definition) is 1. The Kier molecular flexibility index (Phi) is 3.39. The average molecular weight is 252 g/mol. The van der Waals surface area contributed by atoms with Crippen molar-refractivity contribution in [2.45, 2.75) is 13.0 Å². The van der Waals surface area contributed by atoms with Crippen LogP contribution in [0, 0.1) is 24.4 Å². The van der Waals surface area contributed by atoms with Crippen molar-refractivity contribution < 1.29 is 18.3 Å². The zero-order valence-corrected chi connectivity index (χ0v) is 9.62. The van der Waals surface area contributed by atoms with Crippen molar-refractivity contribution in [1.29, 1.82) is 0 Å². The van der Waals surface area contributed by atoms with Gasteiger partial charge in [0.25, 0.3) is 0 Å². The number of halogens is 3. The van der Waals surface area contributed by atoms with Crippen molar-refractivity contribution in [2.75, 3.05) is 0 Å². The number of aliphatic hydroxyl groups is 1. The normalized spacial score (nSPS) is 12.5. The molecule has 1 atom stereocenters. The number of benzene rings is 2. The summed E-state index contributed by atoms with van der Waals surface area (Å²) in [7, 11) is 0. The molecule has 1 unspecified atom stereocenters. The summed E-state index contributed by atoms with van der Waals surface area (Å²) < 4.78 is 39.8. The molecular weight excluding hydrogens is 241 g/mol. The van der Waals surface area contributed by atoms with Gasteiger partial charge in [0.2, 0.25) is 0 Å². The van der Waals surface area contributed by atoms with Crippen molar-refractivity contribution in [3.8, 4) is 0 Å². The molecule has 0 aliphatic heterocycles. The van der Waals surface area contributed by atoms with E-state index in [4.69, 9.17) is 0 Å². The highest BCUT2D eigenvalue weighted by Crippen LogP contribution is 2.27. The molecule has 0 fully saturated rings. The van der Waals surface area contributed by atoms with E-state index >= 15 is 0 Å². The molecule has 0 heterocycles. The van der Waals surface area contributed by atoms with E-state index in [0.717, 1.165) is 17.7 Å². The molecule has 4 heteroatoms. The third kappa shape index (κ3) is 2.38. The van der Waals surface area contributed by atoms with Gasteiger partial charge in [-0.3, -0.25) is 0 Å². The van der Waals surface area contributed by atoms with Gasteiger partial charge in [-0.05, 0) is 19.1 Å². The van der Waals surface area contributed by atoms with Gasteiger partial charge in [-0.15, -0.1) is 0 Å². The Balaban J connectivity index is 2.47. The molecule has 18 heavy (non-hydrogen) atoms. The van der Waals surface area contributed by atoms with Gasteiger partial charge >= 0.3 is 0 Å². The molecule has 1 nitrogen and oxygen atoms in total. The molecule has 0 aliphatic carbocycles. The molecule has 0 aromatic heterocycles. The first-order valence-electron chi connectivity index (χ1n) is 5.38. The van der Waals surface area contributed by atoms with Crippen molar-refractivity contribution in [2.24, 2.45) is 0 Å². The van der Waals surface area contributed by atoms with Crippen LogP contribution in [-0.2, 0) is 0 Å². The third-order valence-corrected chi connectivity index (χ3v) is 2.70. The summed E-state index contributed by atoms with van der Waals surface area (Å²) in [5.74, 6) is -2.27. The minimum Gasteiger partial charge on any atom is -0.383 e. The lowest BCUT2D eigenvalue weighted by Gasteiger charge is -2.14. The van der Waals surface area contributed by atoms with Gasteiger partial charge in [0.05, 0.1) is 0 Å². The maximum absolute atomic E-state index is 13.6. The second-order valence-corrected chi connectivity index (χ2v) is 4.09. The van der Waals surface area contributed by atoms with Gasteiger partial charge < -0.3 is 5.11 Å². The molecule has 0 saturated carbocycles. The molecule has 0 saturated heterocycles. The smallest absolute Gasteiger partial charge is 0.132 e. The van der Waals surface area contributed by atoms with Crippen LogP contribution in [0.3, 0.4) is 0 Å². The van der Waals surface area contributed by atoms with E-state index in [1.165, 1.54) is 12.1 Å². The number of hydrogen-bond acceptors (Lipinski definition) is 1. The van der Waals surface area contributed by atoms with E-state index in [1.54, 1.807) is 13.0 Å².